The van der Waals surface area contributed by atoms with Crippen molar-refractivity contribution < 1.29 is 4.79 Å². The molecule has 17 heavy (non-hydrogen) atoms. The molecule has 0 saturated carbocycles. The van der Waals surface area contributed by atoms with Crippen molar-refractivity contribution in [2.75, 3.05) is 25.0 Å². The number of anilines is 1. The highest BCUT2D eigenvalue weighted by molar-refractivity contribution is 7.17. The highest BCUT2D eigenvalue weighted by atomic mass is 32.1. The average Bonchev–Trinajstić information content (AvgIpc) is 2.79. The number of nitrogens with one attached hydrogen (secondary N) is 2. The molecule has 1 fully saturated rings. The van der Waals surface area contributed by atoms with E-state index < -0.39 is 0 Å². The molecule has 2 heterocycles. The summed E-state index contributed by atoms with van der Waals surface area (Å²) in [6, 6.07) is 0. The van der Waals surface area contributed by atoms with E-state index in [-0.39, 0.29) is 5.91 Å². The molecule has 1 saturated heterocycles. The molecule has 1 amide bonds. The smallest absolute Gasteiger partial charge is 0.296 e. The van der Waals surface area contributed by atoms with Crippen molar-refractivity contribution >= 4 is 22.4 Å². The Morgan fingerprint density at radius 3 is 2.82 bits per heavy atom. The van der Waals surface area contributed by atoms with E-state index in [1.54, 1.807) is 0 Å². The molecule has 0 radical (unpaired) electrons. The van der Waals surface area contributed by atoms with Gasteiger partial charge in [0, 0.05) is 19.6 Å². The summed E-state index contributed by atoms with van der Waals surface area (Å²) in [7, 11) is 0. The van der Waals surface area contributed by atoms with E-state index in [9.17, 15) is 4.79 Å². The van der Waals surface area contributed by atoms with Gasteiger partial charge in [0.2, 0.25) is 10.1 Å². The van der Waals surface area contributed by atoms with Crippen LogP contribution in [0.25, 0.3) is 0 Å². The third-order valence-corrected chi connectivity index (χ3v) is 3.44. The third-order valence-electron chi connectivity index (χ3n) is 2.56. The van der Waals surface area contributed by atoms with Gasteiger partial charge in [0.1, 0.15) is 0 Å². The molecule has 0 unspecified atom stereocenters. The Kier molecular flexibility index (Phi) is 4.27. The highest BCUT2D eigenvalue weighted by Crippen LogP contribution is 2.15. The number of rotatable bonds is 4. The van der Waals surface area contributed by atoms with Crippen molar-refractivity contribution in [1.29, 1.82) is 0 Å². The molecule has 0 bridgehead atoms. The fraction of sp³-hybridized carbons (Fsp3) is 0.700. The van der Waals surface area contributed by atoms with E-state index in [1.807, 2.05) is 11.9 Å². The van der Waals surface area contributed by atoms with E-state index in [4.69, 9.17) is 0 Å². The maximum absolute atomic E-state index is 11.9. The van der Waals surface area contributed by atoms with Gasteiger partial charge in [-0.25, -0.2) is 5.01 Å². The lowest BCUT2D eigenvalue weighted by Crippen LogP contribution is -2.45. The average molecular weight is 255 g/mol. The maximum Gasteiger partial charge on any atom is 0.296 e. The van der Waals surface area contributed by atoms with E-state index in [0.29, 0.717) is 10.1 Å². The number of carbonyl (C=O) groups is 1. The third kappa shape index (κ3) is 3.37. The second-order valence-electron chi connectivity index (χ2n) is 3.93. The van der Waals surface area contributed by atoms with Gasteiger partial charge >= 0.3 is 0 Å². The molecular weight excluding hydrogens is 238 g/mol. The van der Waals surface area contributed by atoms with Gasteiger partial charge in [-0.2, -0.15) is 0 Å². The monoisotopic (exact) mass is 255 g/mol. The number of amides is 1. The van der Waals surface area contributed by atoms with Crippen molar-refractivity contribution in [3.05, 3.63) is 5.01 Å². The van der Waals surface area contributed by atoms with Gasteiger partial charge in [-0.15, -0.1) is 10.2 Å². The summed E-state index contributed by atoms with van der Waals surface area (Å²) < 4.78 is 0. The quantitative estimate of drug-likeness (QED) is 0.843. The van der Waals surface area contributed by atoms with Crippen molar-refractivity contribution in [3.63, 3.8) is 0 Å². The summed E-state index contributed by atoms with van der Waals surface area (Å²) in [5.74, 6) is -0.159. The number of aromatic nitrogens is 2. The van der Waals surface area contributed by atoms with Crippen LogP contribution in [-0.4, -0.2) is 40.7 Å². The van der Waals surface area contributed by atoms with Crippen LogP contribution in [0.2, 0.25) is 0 Å². The van der Waals surface area contributed by atoms with Gasteiger partial charge in [-0.1, -0.05) is 17.8 Å². The van der Waals surface area contributed by atoms with Crippen LogP contribution in [0.15, 0.2) is 0 Å². The summed E-state index contributed by atoms with van der Waals surface area (Å²) in [5.41, 5.74) is 2.87. The maximum atomic E-state index is 11.9. The number of hydrogen-bond acceptors (Lipinski definition) is 6. The summed E-state index contributed by atoms with van der Waals surface area (Å²) in [5, 5.41) is 13.9. The zero-order chi connectivity index (χ0) is 12.1. The Morgan fingerprint density at radius 2 is 2.12 bits per heavy atom. The normalized spacial score (nSPS) is 16.8. The van der Waals surface area contributed by atoms with Crippen molar-refractivity contribution in [2.24, 2.45) is 0 Å². The molecule has 0 aromatic carbocycles. The Balaban J connectivity index is 1.89. The van der Waals surface area contributed by atoms with Gasteiger partial charge in [0.05, 0.1) is 0 Å². The Hall–Kier alpha value is -1.21. The molecule has 94 valence electrons. The largest absolute Gasteiger partial charge is 0.360 e. The van der Waals surface area contributed by atoms with Gasteiger partial charge < -0.3 is 5.32 Å². The molecular formula is C10H17N5OS. The minimum atomic E-state index is -0.159. The van der Waals surface area contributed by atoms with Crippen LogP contribution < -0.4 is 10.7 Å². The molecule has 1 aliphatic heterocycles. The lowest BCUT2D eigenvalue weighted by Gasteiger charge is -2.26. The highest BCUT2D eigenvalue weighted by Gasteiger charge is 2.17. The van der Waals surface area contributed by atoms with Crippen LogP contribution in [0.1, 0.15) is 36.0 Å². The van der Waals surface area contributed by atoms with E-state index in [0.717, 1.165) is 32.5 Å². The summed E-state index contributed by atoms with van der Waals surface area (Å²) in [6.07, 6.45) is 3.52. The Morgan fingerprint density at radius 1 is 1.35 bits per heavy atom. The van der Waals surface area contributed by atoms with Gasteiger partial charge in [-0.3, -0.25) is 10.2 Å². The fourth-order valence-corrected chi connectivity index (χ4v) is 2.44. The lowest BCUT2D eigenvalue weighted by molar-refractivity contribution is 0.0749. The van der Waals surface area contributed by atoms with Crippen LogP contribution in [0.4, 0.5) is 5.13 Å². The molecule has 7 heteroatoms. The second-order valence-corrected chi connectivity index (χ2v) is 4.91. The number of carbonyl (C=O) groups excluding carboxylic acids is 1. The van der Waals surface area contributed by atoms with E-state index in [1.165, 1.54) is 17.8 Å². The second kappa shape index (κ2) is 5.92. The number of nitrogens with zero attached hydrogens (tertiary/aromatic N) is 3. The summed E-state index contributed by atoms with van der Waals surface area (Å²) in [6.45, 7) is 4.60. The van der Waals surface area contributed by atoms with E-state index in [2.05, 4.69) is 20.9 Å². The minimum Gasteiger partial charge on any atom is -0.360 e. The number of hydrazine groups is 1. The molecule has 6 nitrogen and oxygen atoms in total. The molecule has 1 aromatic heterocycles. The molecule has 2 rings (SSSR count). The van der Waals surface area contributed by atoms with Crippen molar-refractivity contribution in [3.8, 4) is 0 Å². The topological polar surface area (TPSA) is 70.1 Å². The van der Waals surface area contributed by atoms with Crippen LogP contribution in [-0.2, 0) is 0 Å². The van der Waals surface area contributed by atoms with Crippen LogP contribution in [0, 0.1) is 0 Å². The van der Waals surface area contributed by atoms with Crippen LogP contribution in [0.5, 0.6) is 0 Å². The van der Waals surface area contributed by atoms with Crippen molar-refractivity contribution in [1.82, 2.24) is 20.6 Å². The van der Waals surface area contributed by atoms with Gasteiger partial charge in [-0.05, 0) is 19.8 Å². The Bertz CT molecular complexity index is 375. The molecule has 1 aromatic rings. The predicted octanol–water partition coefficient (Wildman–Crippen LogP) is 1.10. The van der Waals surface area contributed by atoms with Gasteiger partial charge in [0.15, 0.2) is 0 Å². The zero-order valence-electron chi connectivity index (χ0n) is 9.90. The molecule has 0 atom stereocenters. The molecule has 2 N–H and O–H groups in total. The zero-order valence-corrected chi connectivity index (χ0v) is 10.7. The first-order valence-corrected chi connectivity index (χ1v) is 6.74. The number of hydrogen-bond donors (Lipinski definition) is 2. The van der Waals surface area contributed by atoms with E-state index >= 15 is 0 Å². The first kappa shape index (κ1) is 12.3. The molecule has 1 aliphatic rings. The lowest BCUT2D eigenvalue weighted by atomic mass is 10.2. The Labute approximate surface area is 104 Å². The first-order valence-electron chi connectivity index (χ1n) is 5.93. The first-order chi connectivity index (χ1) is 8.29. The molecule has 0 spiro atoms. The van der Waals surface area contributed by atoms with Crippen LogP contribution in [0.3, 0.4) is 0 Å². The standard InChI is InChI=1S/C10H17N5OS/c1-2-11-10-13-12-9(17-10)8(16)14-15-6-4-3-5-7-15/h2-7H2,1H3,(H,11,13)(H,14,16). The predicted molar refractivity (Wildman–Crippen MR) is 67.0 cm³/mol. The summed E-state index contributed by atoms with van der Waals surface area (Å²) >= 11 is 1.28. The summed E-state index contributed by atoms with van der Waals surface area (Å²) in [4.78, 5) is 11.9. The van der Waals surface area contributed by atoms with Gasteiger partial charge in [0.25, 0.3) is 5.91 Å². The SMILES string of the molecule is CCNc1nnc(C(=O)NN2CCCCC2)s1. The minimum absolute atomic E-state index is 0.159. The van der Waals surface area contributed by atoms with Crippen molar-refractivity contribution in [2.45, 2.75) is 26.2 Å². The van der Waals surface area contributed by atoms with Crippen LogP contribution >= 0.6 is 11.3 Å². The molecule has 0 aliphatic carbocycles. The fourth-order valence-electron chi connectivity index (χ4n) is 1.73. The number of piperidine rings is 1.